The first-order valence-electron chi connectivity index (χ1n) is 7.17. The Hall–Kier alpha value is -1.86. The summed E-state index contributed by atoms with van der Waals surface area (Å²) in [6.45, 7) is 1.76. The number of aryl methyl sites for hydroxylation is 1. The molecular weight excluding hydrogens is 338 g/mol. The van der Waals surface area contributed by atoms with Gasteiger partial charge in [-0.15, -0.1) is 0 Å². The molecule has 0 aliphatic carbocycles. The molecule has 2 aromatic rings. The van der Waals surface area contributed by atoms with Gasteiger partial charge in [0.15, 0.2) is 9.84 Å². The van der Waals surface area contributed by atoms with E-state index in [0.717, 1.165) is 0 Å². The maximum absolute atomic E-state index is 12.5. The molecule has 1 aromatic carbocycles. The van der Waals surface area contributed by atoms with Crippen molar-refractivity contribution in [2.75, 3.05) is 11.5 Å². The molecule has 1 unspecified atom stereocenters. The zero-order chi connectivity index (χ0) is 16.6. The van der Waals surface area contributed by atoms with Crippen molar-refractivity contribution in [3.05, 3.63) is 50.9 Å². The molecule has 6 nitrogen and oxygen atoms in total. The monoisotopic (exact) mass is 353 g/mol. The lowest BCUT2D eigenvalue weighted by Gasteiger charge is -2.07. The first kappa shape index (κ1) is 16.0. The van der Waals surface area contributed by atoms with Crippen molar-refractivity contribution in [1.82, 2.24) is 9.78 Å². The van der Waals surface area contributed by atoms with Gasteiger partial charge in [0.05, 0.1) is 28.8 Å². The van der Waals surface area contributed by atoms with E-state index in [1.807, 2.05) is 0 Å². The van der Waals surface area contributed by atoms with Crippen LogP contribution in [-0.2, 0) is 9.84 Å². The Balaban J connectivity index is 1.91. The van der Waals surface area contributed by atoms with Gasteiger partial charge in [0.2, 0.25) is 0 Å². The Bertz CT molecular complexity index is 928. The average molecular weight is 354 g/mol. The number of halogens is 1. The van der Waals surface area contributed by atoms with Crippen LogP contribution in [0.15, 0.2) is 34.1 Å². The standard InChI is InChI=1S/C15H16ClN3O3S/c1-10-14(8-17-12-4-2-3-11(16)7-12)15(20)19(18-10)13-5-6-23(21,22)9-13/h2-4,7-8,13,18H,5-6,9H2,1H3. The number of aromatic nitrogens is 2. The maximum Gasteiger partial charge on any atom is 0.275 e. The second-order valence-corrected chi connectivity index (χ2v) is 8.29. The Morgan fingerprint density at radius 3 is 2.87 bits per heavy atom. The molecule has 122 valence electrons. The summed E-state index contributed by atoms with van der Waals surface area (Å²) < 4.78 is 24.6. The van der Waals surface area contributed by atoms with E-state index in [0.29, 0.717) is 28.4 Å². The van der Waals surface area contributed by atoms with Gasteiger partial charge in [-0.25, -0.2) is 13.1 Å². The molecule has 23 heavy (non-hydrogen) atoms. The van der Waals surface area contributed by atoms with Crippen molar-refractivity contribution in [1.29, 1.82) is 0 Å². The first-order chi connectivity index (χ1) is 10.9. The Morgan fingerprint density at radius 1 is 1.43 bits per heavy atom. The maximum atomic E-state index is 12.5. The van der Waals surface area contributed by atoms with E-state index in [9.17, 15) is 13.2 Å². The van der Waals surface area contributed by atoms with Crippen molar-refractivity contribution in [2.24, 2.45) is 4.99 Å². The fourth-order valence-electron chi connectivity index (χ4n) is 2.67. The zero-order valence-corrected chi connectivity index (χ0v) is 14.1. The van der Waals surface area contributed by atoms with Crippen LogP contribution in [0.25, 0.3) is 0 Å². The molecule has 0 radical (unpaired) electrons. The third-order valence-electron chi connectivity index (χ3n) is 3.87. The SMILES string of the molecule is Cc1[nH]n(C2CCS(=O)(=O)C2)c(=O)c1C=Nc1cccc(Cl)c1. The minimum absolute atomic E-state index is 0.00225. The molecular formula is C15H16ClN3O3S. The Morgan fingerprint density at radius 2 is 2.22 bits per heavy atom. The van der Waals surface area contributed by atoms with Crippen molar-refractivity contribution in [3.8, 4) is 0 Å². The fourth-order valence-corrected chi connectivity index (χ4v) is 4.55. The summed E-state index contributed by atoms with van der Waals surface area (Å²) in [7, 11) is -3.05. The molecule has 1 fully saturated rings. The van der Waals surface area contributed by atoms with Crippen LogP contribution < -0.4 is 5.56 Å². The van der Waals surface area contributed by atoms with Crippen LogP contribution in [-0.4, -0.2) is 35.9 Å². The molecule has 8 heteroatoms. The highest BCUT2D eigenvalue weighted by atomic mass is 35.5. The molecule has 3 rings (SSSR count). The zero-order valence-electron chi connectivity index (χ0n) is 12.5. The molecule has 1 atom stereocenters. The number of rotatable bonds is 3. The van der Waals surface area contributed by atoms with E-state index in [4.69, 9.17) is 11.6 Å². The highest BCUT2D eigenvalue weighted by molar-refractivity contribution is 7.91. The van der Waals surface area contributed by atoms with Gasteiger partial charge < -0.3 is 0 Å². The van der Waals surface area contributed by atoms with Gasteiger partial charge in [-0.3, -0.25) is 14.9 Å². The number of hydrogen-bond acceptors (Lipinski definition) is 4. The summed E-state index contributed by atoms with van der Waals surface area (Å²) in [4.78, 5) is 16.8. The number of aromatic amines is 1. The summed E-state index contributed by atoms with van der Waals surface area (Å²) in [6.07, 6.45) is 1.94. The van der Waals surface area contributed by atoms with Gasteiger partial charge in [-0.2, -0.15) is 0 Å². The molecule has 1 aliphatic heterocycles. The van der Waals surface area contributed by atoms with Crippen LogP contribution in [0.3, 0.4) is 0 Å². The van der Waals surface area contributed by atoms with E-state index in [-0.39, 0.29) is 23.1 Å². The van der Waals surface area contributed by atoms with Gasteiger partial charge in [-0.1, -0.05) is 17.7 Å². The number of benzene rings is 1. The summed E-state index contributed by atoms with van der Waals surface area (Å²) >= 11 is 5.90. The van der Waals surface area contributed by atoms with Gasteiger partial charge in [0.25, 0.3) is 5.56 Å². The van der Waals surface area contributed by atoms with Crippen molar-refractivity contribution >= 4 is 33.3 Å². The number of sulfone groups is 1. The van der Waals surface area contributed by atoms with Gasteiger partial charge in [0.1, 0.15) is 0 Å². The normalized spacial score (nSPS) is 20.3. The highest BCUT2D eigenvalue weighted by Gasteiger charge is 2.31. The lowest BCUT2D eigenvalue weighted by atomic mass is 10.2. The molecule has 1 saturated heterocycles. The number of hydrogen-bond donors (Lipinski definition) is 1. The topological polar surface area (TPSA) is 84.3 Å². The number of nitrogens with zero attached hydrogens (tertiary/aromatic N) is 2. The summed E-state index contributed by atoms with van der Waals surface area (Å²) in [5.74, 6) is 0.117. The van der Waals surface area contributed by atoms with E-state index in [1.54, 1.807) is 31.2 Å². The minimum atomic E-state index is -3.05. The number of nitrogens with one attached hydrogen (secondary N) is 1. The second kappa shape index (κ2) is 5.98. The lowest BCUT2D eigenvalue weighted by Crippen LogP contribution is -2.25. The third kappa shape index (κ3) is 3.40. The molecule has 1 N–H and O–H groups in total. The number of H-pyrrole nitrogens is 1. The summed E-state index contributed by atoms with van der Waals surface area (Å²) in [5, 5.41) is 3.53. The lowest BCUT2D eigenvalue weighted by molar-refractivity contribution is 0.483. The quantitative estimate of drug-likeness (QED) is 0.859. The molecule has 0 bridgehead atoms. The average Bonchev–Trinajstić information content (AvgIpc) is 2.97. The predicted octanol–water partition coefficient (Wildman–Crippen LogP) is 2.25. The fraction of sp³-hybridized carbons (Fsp3) is 0.333. The van der Waals surface area contributed by atoms with Gasteiger partial charge in [0, 0.05) is 16.9 Å². The van der Waals surface area contributed by atoms with Crippen molar-refractivity contribution in [3.63, 3.8) is 0 Å². The Kier molecular flexibility index (Phi) is 4.16. The van der Waals surface area contributed by atoms with E-state index in [1.165, 1.54) is 10.9 Å². The van der Waals surface area contributed by atoms with E-state index >= 15 is 0 Å². The smallest absolute Gasteiger partial charge is 0.275 e. The third-order valence-corrected chi connectivity index (χ3v) is 5.85. The Labute approximate surface area is 138 Å². The first-order valence-corrected chi connectivity index (χ1v) is 9.37. The summed E-state index contributed by atoms with van der Waals surface area (Å²) in [5.41, 5.74) is 1.47. The van der Waals surface area contributed by atoms with Crippen LogP contribution in [0, 0.1) is 6.92 Å². The van der Waals surface area contributed by atoms with Crippen molar-refractivity contribution < 1.29 is 8.42 Å². The van der Waals surface area contributed by atoms with Gasteiger partial charge in [-0.05, 0) is 31.5 Å². The van der Waals surface area contributed by atoms with Crippen molar-refractivity contribution in [2.45, 2.75) is 19.4 Å². The van der Waals surface area contributed by atoms with Crippen LogP contribution in [0.4, 0.5) is 5.69 Å². The highest BCUT2D eigenvalue weighted by Crippen LogP contribution is 2.22. The van der Waals surface area contributed by atoms with E-state index < -0.39 is 9.84 Å². The summed E-state index contributed by atoms with van der Waals surface area (Å²) in [6, 6.07) is 6.67. The molecule has 0 spiro atoms. The van der Waals surface area contributed by atoms with Crippen LogP contribution in [0.1, 0.15) is 23.7 Å². The minimum Gasteiger partial charge on any atom is -0.299 e. The van der Waals surface area contributed by atoms with Crippen LogP contribution in [0.5, 0.6) is 0 Å². The number of aliphatic imine (C=N–C) groups is 1. The molecule has 0 saturated carbocycles. The predicted molar refractivity (Wildman–Crippen MR) is 90.8 cm³/mol. The van der Waals surface area contributed by atoms with Gasteiger partial charge >= 0.3 is 0 Å². The van der Waals surface area contributed by atoms with E-state index in [2.05, 4.69) is 10.1 Å². The second-order valence-electron chi connectivity index (χ2n) is 5.62. The molecule has 0 amide bonds. The molecule has 2 heterocycles. The molecule has 1 aromatic heterocycles. The largest absolute Gasteiger partial charge is 0.299 e. The van der Waals surface area contributed by atoms with Crippen LogP contribution >= 0.6 is 11.6 Å². The van der Waals surface area contributed by atoms with Crippen LogP contribution in [0.2, 0.25) is 5.02 Å². The molecule has 1 aliphatic rings.